The summed E-state index contributed by atoms with van der Waals surface area (Å²) in [4.78, 5) is 31.2. The van der Waals surface area contributed by atoms with Gasteiger partial charge >= 0.3 is 0 Å². The lowest BCUT2D eigenvalue weighted by Crippen LogP contribution is -2.28. The van der Waals surface area contributed by atoms with Crippen molar-refractivity contribution in [1.82, 2.24) is 9.55 Å². The third-order valence-electron chi connectivity index (χ3n) is 5.00. The van der Waals surface area contributed by atoms with E-state index >= 15 is 0 Å². The molecule has 6 heteroatoms. The molecular weight excluding hydrogens is 400 g/mol. The number of halogens is 1. The molecule has 0 aliphatic rings. The topological polar surface area (TPSA) is 65.1 Å². The van der Waals surface area contributed by atoms with E-state index in [0.717, 1.165) is 5.56 Å². The number of para-hydroxylation sites is 1. The van der Waals surface area contributed by atoms with Crippen LogP contribution in [0.15, 0.2) is 92.9 Å². The Labute approximate surface area is 175 Å². The monoisotopic (exact) mass is 414 g/mol. The highest BCUT2D eigenvalue weighted by atomic mass is 35.5. The maximum absolute atomic E-state index is 13.5. The molecule has 0 fully saturated rings. The first-order valence-corrected chi connectivity index (χ1v) is 9.76. The predicted molar refractivity (Wildman–Crippen MR) is 118 cm³/mol. The molecule has 146 valence electrons. The van der Waals surface area contributed by atoms with E-state index in [-0.39, 0.29) is 17.6 Å². The molecule has 0 atom stereocenters. The van der Waals surface area contributed by atoms with E-state index in [1.165, 1.54) is 4.57 Å². The van der Waals surface area contributed by atoms with E-state index < -0.39 is 11.0 Å². The molecule has 0 saturated carbocycles. The normalized spacial score (nSPS) is 11.2. The van der Waals surface area contributed by atoms with Crippen LogP contribution in [0.1, 0.15) is 5.56 Å². The summed E-state index contributed by atoms with van der Waals surface area (Å²) in [7, 11) is 0. The minimum atomic E-state index is -0.460. The average molecular weight is 415 g/mol. The fourth-order valence-corrected chi connectivity index (χ4v) is 3.77. The fraction of sp³-hybridized carbons (Fsp3) is 0.0417. The van der Waals surface area contributed by atoms with E-state index in [9.17, 15) is 9.59 Å². The van der Waals surface area contributed by atoms with E-state index in [4.69, 9.17) is 16.0 Å². The molecule has 30 heavy (non-hydrogen) atoms. The first kappa shape index (κ1) is 18.3. The molecular formula is C24H15ClN2O3. The van der Waals surface area contributed by atoms with Gasteiger partial charge in [-0.15, -0.1) is 0 Å². The Balaban J connectivity index is 1.90. The summed E-state index contributed by atoms with van der Waals surface area (Å²) in [6.45, 7) is 0.245. The van der Waals surface area contributed by atoms with Crippen LogP contribution in [0.5, 0.6) is 0 Å². The molecule has 0 spiro atoms. The van der Waals surface area contributed by atoms with Gasteiger partial charge in [-0.1, -0.05) is 66.2 Å². The Bertz CT molecular complexity index is 1520. The van der Waals surface area contributed by atoms with Gasteiger partial charge in [0.15, 0.2) is 5.39 Å². The van der Waals surface area contributed by atoms with Gasteiger partial charge in [0.25, 0.3) is 5.56 Å². The van der Waals surface area contributed by atoms with E-state index in [1.807, 2.05) is 36.4 Å². The molecule has 0 saturated heterocycles. The molecule has 3 aromatic carbocycles. The molecule has 0 N–H and O–H groups in total. The van der Waals surface area contributed by atoms with Gasteiger partial charge in [-0.25, -0.2) is 0 Å². The van der Waals surface area contributed by atoms with Gasteiger partial charge in [0.2, 0.25) is 11.1 Å². The van der Waals surface area contributed by atoms with E-state index in [2.05, 4.69) is 4.98 Å². The Morgan fingerprint density at radius 2 is 1.57 bits per heavy atom. The van der Waals surface area contributed by atoms with Crippen molar-refractivity contribution < 1.29 is 4.42 Å². The minimum absolute atomic E-state index is 0.00271. The van der Waals surface area contributed by atoms with Crippen LogP contribution in [0.4, 0.5) is 0 Å². The molecule has 5 aromatic rings. The zero-order valence-electron chi connectivity index (χ0n) is 15.7. The summed E-state index contributed by atoms with van der Waals surface area (Å²) in [5, 5.41) is 0.731. The van der Waals surface area contributed by atoms with Gasteiger partial charge in [0.1, 0.15) is 11.4 Å². The van der Waals surface area contributed by atoms with Crippen molar-refractivity contribution >= 4 is 33.7 Å². The molecule has 0 aliphatic carbocycles. The second-order valence-corrected chi connectivity index (χ2v) is 7.31. The molecule has 0 aliphatic heterocycles. The maximum atomic E-state index is 13.5. The third-order valence-corrected chi connectivity index (χ3v) is 5.33. The number of nitrogens with zero attached hydrogens (tertiary/aromatic N) is 2. The molecule has 2 aromatic heterocycles. The molecule has 0 radical (unpaired) electrons. The van der Waals surface area contributed by atoms with Crippen LogP contribution in [-0.4, -0.2) is 9.55 Å². The van der Waals surface area contributed by atoms with Crippen molar-refractivity contribution in [3.05, 3.63) is 110 Å². The van der Waals surface area contributed by atoms with E-state index in [1.54, 1.807) is 42.5 Å². The lowest BCUT2D eigenvalue weighted by molar-refractivity contribution is 0.635. The predicted octanol–water partition coefficient (Wildman–Crippen LogP) is 4.87. The molecule has 0 unspecified atom stereocenters. The van der Waals surface area contributed by atoms with Crippen molar-refractivity contribution in [3.8, 4) is 11.4 Å². The highest BCUT2D eigenvalue weighted by Gasteiger charge is 2.20. The first-order chi connectivity index (χ1) is 14.6. The summed E-state index contributed by atoms with van der Waals surface area (Å²) in [5.41, 5.74) is 1.02. The van der Waals surface area contributed by atoms with Crippen LogP contribution in [0.25, 0.3) is 33.5 Å². The molecule has 5 nitrogen and oxygen atoms in total. The van der Waals surface area contributed by atoms with Gasteiger partial charge in [0, 0.05) is 5.56 Å². The Hall–Kier alpha value is -3.70. The second-order valence-electron chi connectivity index (χ2n) is 6.90. The lowest BCUT2D eigenvalue weighted by atomic mass is 10.1. The standard InChI is InChI=1S/C24H15ClN2O3/c25-18-12-6-4-10-16(18)22-26-23-20(21(28)17-11-5-7-13-19(17)30-23)24(29)27(22)14-15-8-2-1-3-9-15/h1-13H,14H2. The summed E-state index contributed by atoms with van der Waals surface area (Å²) < 4.78 is 7.32. The quantitative estimate of drug-likeness (QED) is 0.395. The first-order valence-electron chi connectivity index (χ1n) is 9.39. The van der Waals surface area contributed by atoms with Crippen LogP contribution < -0.4 is 11.0 Å². The number of fused-ring (bicyclic) bond motifs is 2. The van der Waals surface area contributed by atoms with Crippen LogP contribution in [0.2, 0.25) is 5.02 Å². The number of rotatable bonds is 3. The maximum Gasteiger partial charge on any atom is 0.269 e. The summed E-state index contributed by atoms with van der Waals surface area (Å²) in [5.74, 6) is 0.348. The summed E-state index contributed by atoms with van der Waals surface area (Å²) >= 11 is 6.42. The number of hydrogen-bond donors (Lipinski definition) is 0. The largest absolute Gasteiger partial charge is 0.437 e. The van der Waals surface area contributed by atoms with Crippen molar-refractivity contribution in [1.29, 1.82) is 0 Å². The lowest BCUT2D eigenvalue weighted by Gasteiger charge is -2.14. The van der Waals surface area contributed by atoms with Gasteiger partial charge in [-0.3, -0.25) is 14.2 Å². The number of hydrogen-bond acceptors (Lipinski definition) is 4. The second kappa shape index (κ2) is 7.28. The van der Waals surface area contributed by atoms with E-state index in [0.29, 0.717) is 27.4 Å². The molecule has 2 heterocycles. The van der Waals surface area contributed by atoms with Gasteiger partial charge in [-0.05, 0) is 29.8 Å². The van der Waals surface area contributed by atoms with Crippen molar-refractivity contribution in [2.45, 2.75) is 6.54 Å². The van der Waals surface area contributed by atoms with Crippen LogP contribution in [0.3, 0.4) is 0 Å². The SMILES string of the molecule is O=c1c2ccccc2oc2nc(-c3ccccc3Cl)n(Cc3ccccc3)c(=O)c12. The van der Waals surface area contributed by atoms with Crippen LogP contribution >= 0.6 is 11.6 Å². The average Bonchev–Trinajstić information content (AvgIpc) is 2.77. The van der Waals surface area contributed by atoms with Crippen molar-refractivity contribution in [2.75, 3.05) is 0 Å². The molecule has 0 bridgehead atoms. The van der Waals surface area contributed by atoms with Gasteiger partial charge in [0.05, 0.1) is 17.0 Å². The summed E-state index contributed by atoms with van der Waals surface area (Å²) in [6.07, 6.45) is 0. The Morgan fingerprint density at radius 1 is 0.867 bits per heavy atom. The van der Waals surface area contributed by atoms with Gasteiger partial charge < -0.3 is 4.42 Å². The smallest absolute Gasteiger partial charge is 0.269 e. The highest BCUT2D eigenvalue weighted by Crippen LogP contribution is 2.27. The number of aromatic nitrogens is 2. The fourth-order valence-electron chi connectivity index (χ4n) is 3.55. The summed E-state index contributed by atoms with van der Waals surface area (Å²) in [6, 6.07) is 23.5. The molecule has 5 rings (SSSR count). The Kier molecular flexibility index (Phi) is 4.45. The minimum Gasteiger partial charge on any atom is -0.437 e. The van der Waals surface area contributed by atoms with Gasteiger partial charge in [-0.2, -0.15) is 4.98 Å². The third kappa shape index (κ3) is 3.00. The van der Waals surface area contributed by atoms with Crippen LogP contribution in [0, 0.1) is 0 Å². The van der Waals surface area contributed by atoms with Crippen molar-refractivity contribution in [3.63, 3.8) is 0 Å². The Morgan fingerprint density at radius 3 is 2.37 bits per heavy atom. The highest BCUT2D eigenvalue weighted by molar-refractivity contribution is 6.33. The number of benzene rings is 3. The molecule has 0 amide bonds. The van der Waals surface area contributed by atoms with Crippen LogP contribution in [-0.2, 0) is 6.54 Å². The zero-order valence-corrected chi connectivity index (χ0v) is 16.5. The van der Waals surface area contributed by atoms with Crippen molar-refractivity contribution in [2.24, 2.45) is 0 Å². The zero-order chi connectivity index (χ0) is 20.7.